The van der Waals surface area contributed by atoms with E-state index < -0.39 is 0 Å². The van der Waals surface area contributed by atoms with Gasteiger partial charge < -0.3 is 16.4 Å². The van der Waals surface area contributed by atoms with Gasteiger partial charge in [0, 0.05) is 24.2 Å². The lowest BCUT2D eigenvalue weighted by molar-refractivity contribution is 1.09. The standard InChI is InChI=1S/C18H19N5/c1-2-10-20-18-22-16-9-8-14(19)11-15(16)17(23-18)21-12-13-6-4-3-5-7-13/h2-9,11H,1,10,12,19H2,(H2,20,21,22,23). The number of anilines is 3. The number of rotatable bonds is 6. The molecule has 116 valence electrons. The number of hydrogen-bond acceptors (Lipinski definition) is 5. The first-order valence-corrected chi connectivity index (χ1v) is 7.46. The molecule has 0 unspecified atom stereocenters. The molecule has 5 heteroatoms. The second kappa shape index (κ2) is 6.79. The molecule has 3 rings (SSSR count). The predicted octanol–water partition coefficient (Wildman–Crippen LogP) is 3.42. The van der Waals surface area contributed by atoms with Gasteiger partial charge in [0.15, 0.2) is 0 Å². The number of nitrogen functional groups attached to an aromatic ring is 1. The summed E-state index contributed by atoms with van der Waals surface area (Å²) in [5.41, 5.74) is 8.62. The lowest BCUT2D eigenvalue weighted by Gasteiger charge is -2.12. The van der Waals surface area contributed by atoms with E-state index in [0.29, 0.717) is 24.7 Å². The Kier molecular flexibility index (Phi) is 4.38. The molecule has 23 heavy (non-hydrogen) atoms. The van der Waals surface area contributed by atoms with Crippen LogP contribution in [0, 0.1) is 0 Å². The highest BCUT2D eigenvalue weighted by molar-refractivity contribution is 5.92. The highest BCUT2D eigenvalue weighted by atomic mass is 15.1. The van der Waals surface area contributed by atoms with E-state index in [1.54, 1.807) is 6.08 Å². The second-order valence-electron chi connectivity index (χ2n) is 5.18. The first-order valence-electron chi connectivity index (χ1n) is 7.46. The largest absolute Gasteiger partial charge is 0.399 e. The highest BCUT2D eigenvalue weighted by Crippen LogP contribution is 2.24. The van der Waals surface area contributed by atoms with Crippen molar-refractivity contribution in [2.24, 2.45) is 0 Å². The molecule has 2 aromatic carbocycles. The van der Waals surface area contributed by atoms with E-state index in [1.807, 2.05) is 36.4 Å². The van der Waals surface area contributed by atoms with Gasteiger partial charge in [-0.1, -0.05) is 36.4 Å². The predicted molar refractivity (Wildman–Crippen MR) is 96.4 cm³/mol. The smallest absolute Gasteiger partial charge is 0.225 e. The summed E-state index contributed by atoms with van der Waals surface area (Å²) < 4.78 is 0. The van der Waals surface area contributed by atoms with Crippen molar-refractivity contribution in [3.63, 3.8) is 0 Å². The van der Waals surface area contributed by atoms with Crippen LogP contribution in [-0.4, -0.2) is 16.5 Å². The van der Waals surface area contributed by atoms with Gasteiger partial charge in [-0.15, -0.1) is 6.58 Å². The molecule has 0 bridgehead atoms. The Morgan fingerprint density at radius 2 is 1.87 bits per heavy atom. The van der Waals surface area contributed by atoms with Crippen molar-refractivity contribution in [3.05, 3.63) is 66.7 Å². The van der Waals surface area contributed by atoms with Gasteiger partial charge in [-0.25, -0.2) is 4.98 Å². The molecule has 0 atom stereocenters. The highest BCUT2D eigenvalue weighted by Gasteiger charge is 2.08. The van der Waals surface area contributed by atoms with Crippen LogP contribution >= 0.6 is 0 Å². The van der Waals surface area contributed by atoms with Gasteiger partial charge in [0.2, 0.25) is 5.95 Å². The fourth-order valence-corrected chi connectivity index (χ4v) is 2.30. The van der Waals surface area contributed by atoms with Gasteiger partial charge in [-0.3, -0.25) is 0 Å². The van der Waals surface area contributed by atoms with Gasteiger partial charge in [0.1, 0.15) is 5.82 Å². The SMILES string of the molecule is C=CCNc1nc(NCc2ccccc2)c2cc(N)ccc2n1. The summed E-state index contributed by atoms with van der Waals surface area (Å²) in [7, 11) is 0. The zero-order chi connectivity index (χ0) is 16.1. The van der Waals surface area contributed by atoms with Crippen molar-refractivity contribution in [1.82, 2.24) is 9.97 Å². The Hall–Kier alpha value is -3.08. The summed E-state index contributed by atoms with van der Waals surface area (Å²) >= 11 is 0. The summed E-state index contributed by atoms with van der Waals surface area (Å²) in [4.78, 5) is 9.06. The fourth-order valence-electron chi connectivity index (χ4n) is 2.30. The summed E-state index contributed by atoms with van der Waals surface area (Å²) in [5, 5.41) is 7.41. The van der Waals surface area contributed by atoms with Crippen LogP contribution in [0.25, 0.3) is 10.9 Å². The first-order chi connectivity index (χ1) is 11.3. The maximum absolute atomic E-state index is 5.91. The molecule has 0 aliphatic heterocycles. The molecule has 1 heterocycles. The lowest BCUT2D eigenvalue weighted by atomic mass is 10.2. The number of fused-ring (bicyclic) bond motifs is 1. The molecule has 0 aliphatic rings. The van der Waals surface area contributed by atoms with Crippen LogP contribution in [0.15, 0.2) is 61.2 Å². The molecule has 1 aromatic heterocycles. The number of nitrogens with zero attached hydrogens (tertiary/aromatic N) is 2. The third kappa shape index (κ3) is 3.58. The van der Waals surface area contributed by atoms with Crippen LogP contribution in [0.3, 0.4) is 0 Å². The Morgan fingerprint density at radius 3 is 2.65 bits per heavy atom. The van der Waals surface area contributed by atoms with Crippen molar-refractivity contribution >= 4 is 28.4 Å². The van der Waals surface area contributed by atoms with Gasteiger partial charge >= 0.3 is 0 Å². The molecule has 4 N–H and O–H groups in total. The minimum Gasteiger partial charge on any atom is -0.399 e. The molecule has 0 saturated carbocycles. The van der Waals surface area contributed by atoms with E-state index in [4.69, 9.17) is 5.73 Å². The zero-order valence-corrected chi connectivity index (χ0v) is 12.8. The van der Waals surface area contributed by atoms with E-state index in [9.17, 15) is 0 Å². The first kappa shape index (κ1) is 14.8. The maximum Gasteiger partial charge on any atom is 0.225 e. The number of aromatic nitrogens is 2. The summed E-state index contributed by atoms with van der Waals surface area (Å²) in [6.45, 7) is 4.99. The normalized spacial score (nSPS) is 10.4. The van der Waals surface area contributed by atoms with Gasteiger partial charge in [-0.2, -0.15) is 4.98 Å². The monoisotopic (exact) mass is 305 g/mol. The minimum absolute atomic E-state index is 0.567. The minimum atomic E-state index is 0.567. The van der Waals surface area contributed by atoms with Crippen LogP contribution in [0.5, 0.6) is 0 Å². The number of nitrogens with one attached hydrogen (secondary N) is 2. The summed E-state index contributed by atoms with van der Waals surface area (Å²) in [6.07, 6.45) is 1.77. The number of nitrogens with two attached hydrogens (primary N) is 1. The number of hydrogen-bond donors (Lipinski definition) is 3. The fraction of sp³-hybridized carbons (Fsp3) is 0.111. The summed E-state index contributed by atoms with van der Waals surface area (Å²) in [6, 6.07) is 15.8. The quantitative estimate of drug-likeness (QED) is 0.480. The molecule has 0 aliphatic carbocycles. The molecule has 3 aromatic rings. The molecule has 0 amide bonds. The average molecular weight is 305 g/mol. The van der Waals surface area contributed by atoms with E-state index in [1.165, 1.54) is 5.56 Å². The van der Waals surface area contributed by atoms with Crippen LogP contribution < -0.4 is 16.4 Å². The van der Waals surface area contributed by atoms with E-state index in [0.717, 1.165) is 16.7 Å². The third-order valence-electron chi connectivity index (χ3n) is 3.43. The Balaban J connectivity index is 1.94. The van der Waals surface area contributed by atoms with Crippen molar-refractivity contribution in [2.75, 3.05) is 22.9 Å². The molecule has 5 nitrogen and oxygen atoms in total. The average Bonchev–Trinajstić information content (AvgIpc) is 2.59. The molecular formula is C18H19N5. The van der Waals surface area contributed by atoms with Crippen LogP contribution in [0.2, 0.25) is 0 Å². The number of benzene rings is 2. The Labute approximate surface area is 135 Å². The van der Waals surface area contributed by atoms with Gasteiger partial charge in [0.05, 0.1) is 5.52 Å². The van der Waals surface area contributed by atoms with Crippen LogP contribution in [0.4, 0.5) is 17.5 Å². The van der Waals surface area contributed by atoms with Gasteiger partial charge in [0.25, 0.3) is 0 Å². The molecule has 0 radical (unpaired) electrons. The Morgan fingerprint density at radius 1 is 1.04 bits per heavy atom. The van der Waals surface area contributed by atoms with Crippen molar-refractivity contribution < 1.29 is 0 Å². The zero-order valence-electron chi connectivity index (χ0n) is 12.8. The van der Waals surface area contributed by atoms with Crippen LogP contribution in [0.1, 0.15) is 5.56 Å². The van der Waals surface area contributed by atoms with E-state index in [2.05, 4.69) is 39.3 Å². The second-order valence-corrected chi connectivity index (χ2v) is 5.18. The summed E-state index contributed by atoms with van der Waals surface area (Å²) in [5.74, 6) is 1.33. The molecule has 0 spiro atoms. The van der Waals surface area contributed by atoms with Gasteiger partial charge in [-0.05, 0) is 23.8 Å². The molecule has 0 saturated heterocycles. The van der Waals surface area contributed by atoms with Crippen LogP contribution in [-0.2, 0) is 6.54 Å². The lowest BCUT2D eigenvalue weighted by Crippen LogP contribution is -2.08. The molecular weight excluding hydrogens is 286 g/mol. The van der Waals surface area contributed by atoms with E-state index in [-0.39, 0.29) is 0 Å². The van der Waals surface area contributed by atoms with Crippen molar-refractivity contribution in [1.29, 1.82) is 0 Å². The van der Waals surface area contributed by atoms with Crippen molar-refractivity contribution in [2.45, 2.75) is 6.54 Å². The van der Waals surface area contributed by atoms with E-state index >= 15 is 0 Å². The Bertz CT molecular complexity index is 814. The topological polar surface area (TPSA) is 75.9 Å². The molecule has 0 fully saturated rings. The third-order valence-corrected chi connectivity index (χ3v) is 3.43. The maximum atomic E-state index is 5.91. The van der Waals surface area contributed by atoms with Crippen molar-refractivity contribution in [3.8, 4) is 0 Å².